The predicted molar refractivity (Wildman–Crippen MR) is 101 cm³/mol. The van der Waals surface area contributed by atoms with Gasteiger partial charge in [0, 0.05) is 10.6 Å². The van der Waals surface area contributed by atoms with Gasteiger partial charge in [-0.2, -0.15) is 0 Å². The first-order valence-electron chi connectivity index (χ1n) is 7.94. The summed E-state index contributed by atoms with van der Waals surface area (Å²) >= 11 is 6.17. The van der Waals surface area contributed by atoms with Crippen LogP contribution in [0.15, 0.2) is 71.6 Å². The van der Waals surface area contributed by atoms with Crippen LogP contribution in [-0.2, 0) is 16.6 Å². The van der Waals surface area contributed by atoms with Gasteiger partial charge in [0.15, 0.2) is 0 Å². The van der Waals surface area contributed by atoms with Crippen molar-refractivity contribution in [2.75, 3.05) is 4.31 Å². The summed E-state index contributed by atoms with van der Waals surface area (Å²) in [6.45, 7) is 2.24. The molecule has 3 aromatic rings. The molecule has 0 aliphatic carbocycles. The van der Waals surface area contributed by atoms with E-state index < -0.39 is 10.0 Å². The number of halogens is 1. The van der Waals surface area contributed by atoms with E-state index >= 15 is 0 Å². The van der Waals surface area contributed by atoms with Crippen molar-refractivity contribution in [2.24, 2.45) is 0 Å². The summed E-state index contributed by atoms with van der Waals surface area (Å²) in [7, 11) is -3.66. The number of sulfonamides is 1. The largest absolute Gasteiger partial charge is 0.264 e. The molecule has 1 heterocycles. The highest BCUT2D eigenvalue weighted by atomic mass is 35.5. The smallest absolute Gasteiger partial charge is 0.261 e. The van der Waals surface area contributed by atoms with E-state index in [1.54, 1.807) is 24.3 Å². The molecule has 0 N–H and O–H groups in total. The summed E-state index contributed by atoms with van der Waals surface area (Å²) in [5.74, 6) is 0. The Hall–Kier alpha value is -2.30. The van der Waals surface area contributed by atoms with Crippen LogP contribution in [-0.4, -0.2) is 8.42 Å². The van der Waals surface area contributed by atoms with E-state index in [0.29, 0.717) is 22.2 Å². The molecule has 1 aliphatic heterocycles. The topological polar surface area (TPSA) is 37.4 Å². The monoisotopic (exact) mass is 369 g/mol. The predicted octanol–water partition coefficient (Wildman–Crippen LogP) is 5.02. The molecule has 126 valence electrons. The van der Waals surface area contributed by atoms with E-state index in [-0.39, 0.29) is 0 Å². The lowest BCUT2D eigenvalue weighted by Gasteiger charge is -2.32. The maximum atomic E-state index is 13.2. The zero-order valence-electron chi connectivity index (χ0n) is 13.6. The van der Waals surface area contributed by atoms with Gasteiger partial charge in [-0.1, -0.05) is 53.6 Å². The summed E-state index contributed by atoms with van der Waals surface area (Å²) < 4.78 is 28.0. The maximum absolute atomic E-state index is 13.2. The van der Waals surface area contributed by atoms with Gasteiger partial charge in [0.1, 0.15) is 0 Å². The van der Waals surface area contributed by atoms with Crippen molar-refractivity contribution < 1.29 is 8.42 Å². The van der Waals surface area contributed by atoms with Gasteiger partial charge in [-0.3, -0.25) is 4.31 Å². The fourth-order valence-corrected chi connectivity index (χ4v) is 4.79. The lowest BCUT2D eigenvalue weighted by molar-refractivity contribution is 0.590. The number of aryl methyl sites for hydroxylation is 1. The minimum Gasteiger partial charge on any atom is -0.261 e. The van der Waals surface area contributed by atoms with E-state index in [1.807, 2.05) is 49.4 Å². The Labute approximate surface area is 152 Å². The van der Waals surface area contributed by atoms with E-state index in [4.69, 9.17) is 11.6 Å². The second-order valence-electron chi connectivity index (χ2n) is 6.14. The maximum Gasteiger partial charge on any atom is 0.264 e. The molecule has 0 fully saturated rings. The molecular weight excluding hydrogens is 354 g/mol. The van der Waals surface area contributed by atoms with Gasteiger partial charge in [-0.25, -0.2) is 8.42 Å². The first kappa shape index (κ1) is 16.2. The van der Waals surface area contributed by atoms with Gasteiger partial charge in [0.05, 0.1) is 17.1 Å². The first-order chi connectivity index (χ1) is 12.0. The molecule has 0 bridgehead atoms. The number of hydrogen-bond donors (Lipinski definition) is 0. The molecule has 0 unspecified atom stereocenters. The summed E-state index contributed by atoms with van der Waals surface area (Å²) in [4.78, 5) is 0.290. The molecule has 3 aromatic carbocycles. The Balaban J connectivity index is 1.91. The van der Waals surface area contributed by atoms with Crippen LogP contribution in [0.2, 0.25) is 5.02 Å². The first-order valence-corrected chi connectivity index (χ1v) is 9.76. The van der Waals surface area contributed by atoms with Gasteiger partial charge in [-0.05, 0) is 48.4 Å². The quantitative estimate of drug-likeness (QED) is 0.635. The Morgan fingerprint density at radius 1 is 0.920 bits per heavy atom. The van der Waals surface area contributed by atoms with Crippen LogP contribution in [0.1, 0.15) is 11.1 Å². The molecule has 0 aromatic heterocycles. The summed E-state index contributed by atoms with van der Waals surface area (Å²) in [6.07, 6.45) is 0. The van der Waals surface area contributed by atoms with Crippen LogP contribution in [0.4, 0.5) is 5.69 Å². The third-order valence-electron chi connectivity index (χ3n) is 4.46. The zero-order valence-corrected chi connectivity index (χ0v) is 15.2. The van der Waals surface area contributed by atoms with Crippen molar-refractivity contribution in [3.8, 4) is 11.1 Å². The molecule has 25 heavy (non-hydrogen) atoms. The molecule has 0 atom stereocenters. The number of rotatable bonds is 2. The number of fused-ring (bicyclic) bond motifs is 3. The van der Waals surface area contributed by atoms with E-state index in [9.17, 15) is 8.42 Å². The molecule has 1 aliphatic rings. The van der Waals surface area contributed by atoms with Gasteiger partial charge >= 0.3 is 0 Å². The molecule has 4 rings (SSSR count). The van der Waals surface area contributed by atoms with Crippen LogP contribution in [0.25, 0.3) is 11.1 Å². The zero-order chi connectivity index (χ0) is 17.6. The standard InChI is InChI=1S/C20H16ClNO2S/c1-14-6-9-17(10-7-14)25(23,24)22-13-15-4-2-3-5-18(15)19-12-16(21)8-11-20(19)22/h2-12H,13H2,1H3. The van der Waals surface area contributed by atoms with Gasteiger partial charge < -0.3 is 0 Å². The minimum atomic E-state index is -3.66. The Morgan fingerprint density at radius 3 is 2.40 bits per heavy atom. The van der Waals surface area contributed by atoms with Crippen molar-refractivity contribution in [3.05, 3.63) is 82.9 Å². The number of benzene rings is 3. The Morgan fingerprint density at radius 2 is 1.64 bits per heavy atom. The third-order valence-corrected chi connectivity index (χ3v) is 6.47. The van der Waals surface area contributed by atoms with Crippen molar-refractivity contribution in [2.45, 2.75) is 18.4 Å². The average molecular weight is 370 g/mol. The van der Waals surface area contributed by atoms with Gasteiger partial charge in [-0.15, -0.1) is 0 Å². The number of anilines is 1. The summed E-state index contributed by atoms with van der Waals surface area (Å²) in [5.41, 5.74) is 4.51. The van der Waals surface area contributed by atoms with Gasteiger partial charge in [0.2, 0.25) is 0 Å². The molecular formula is C20H16ClNO2S. The van der Waals surface area contributed by atoms with E-state index in [1.165, 1.54) is 4.31 Å². The molecule has 3 nitrogen and oxygen atoms in total. The molecule has 0 saturated heterocycles. The van der Waals surface area contributed by atoms with Crippen molar-refractivity contribution in [1.82, 2.24) is 0 Å². The second-order valence-corrected chi connectivity index (χ2v) is 8.44. The SMILES string of the molecule is Cc1ccc(S(=O)(=O)N2Cc3ccccc3-c3cc(Cl)ccc32)cc1. The molecule has 0 spiro atoms. The molecule has 0 saturated carbocycles. The van der Waals surface area contributed by atoms with Crippen molar-refractivity contribution >= 4 is 27.3 Å². The highest BCUT2D eigenvalue weighted by Gasteiger charge is 2.31. The Kier molecular flexibility index (Phi) is 3.82. The van der Waals surface area contributed by atoms with Crippen LogP contribution < -0.4 is 4.31 Å². The van der Waals surface area contributed by atoms with E-state index in [2.05, 4.69) is 0 Å². The summed E-state index contributed by atoms with van der Waals surface area (Å²) in [6, 6.07) is 20.1. The Bertz CT molecular complexity index is 1060. The molecule has 0 amide bonds. The van der Waals surface area contributed by atoms with Gasteiger partial charge in [0.25, 0.3) is 10.0 Å². The van der Waals surface area contributed by atoms with Crippen LogP contribution >= 0.6 is 11.6 Å². The highest BCUT2D eigenvalue weighted by molar-refractivity contribution is 7.92. The number of nitrogens with zero attached hydrogens (tertiary/aromatic N) is 1. The fourth-order valence-electron chi connectivity index (χ4n) is 3.15. The normalized spacial score (nSPS) is 13.3. The fraction of sp³-hybridized carbons (Fsp3) is 0.100. The van der Waals surface area contributed by atoms with Crippen LogP contribution in [0, 0.1) is 6.92 Å². The van der Waals surface area contributed by atoms with Crippen molar-refractivity contribution in [1.29, 1.82) is 0 Å². The summed E-state index contributed by atoms with van der Waals surface area (Å²) in [5, 5.41) is 0.586. The van der Waals surface area contributed by atoms with E-state index in [0.717, 1.165) is 22.3 Å². The lowest BCUT2D eigenvalue weighted by atomic mass is 9.95. The molecule has 5 heteroatoms. The lowest BCUT2D eigenvalue weighted by Crippen LogP contribution is -2.33. The second kappa shape index (κ2) is 5.90. The minimum absolute atomic E-state index is 0.290. The third kappa shape index (κ3) is 2.71. The average Bonchev–Trinajstić information content (AvgIpc) is 2.61. The molecule has 0 radical (unpaired) electrons. The van der Waals surface area contributed by atoms with Crippen molar-refractivity contribution in [3.63, 3.8) is 0 Å². The number of hydrogen-bond acceptors (Lipinski definition) is 2. The van der Waals surface area contributed by atoms with Crippen LogP contribution in [0.3, 0.4) is 0 Å². The van der Waals surface area contributed by atoms with Crippen LogP contribution in [0.5, 0.6) is 0 Å². The highest BCUT2D eigenvalue weighted by Crippen LogP contribution is 2.42.